The minimum atomic E-state index is -0.285. The summed E-state index contributed by atoms with van der Waals surface area (Å²) >= 11 is 1.32. The molecule has 1 saturated heterocycles. The molecule has 0 aliphatic carbocycles. The number of nitrogen functional groups attached to an aromatic ring is 1. The van der Waals surface area contributed by atoms with E-state index < -0.39 is 0 Å². The molecule has 106 valence electrons. The zero-order valence-corrected chi connectivity index (χ0v) is 11.9. The molecule has 0 spiro atoms. The fourth-order valence-electron chi connectivity index (χ4n) is 2.04. The summed E-state index contributed by atoms with van der Waals surface area (Å²) in [5, 5.41) is 12.4. The average Bonchev–Trinajstić information content (AvgIpc) is 2.81. The van der Waals surface area contributed by atoms with Crippen molar-refractivity contribution in [1.82, 2.24) is 10.3 Å². The van der Waals surface area contributed by atoms with Crippen LogP contribution in [-0.4, -0.2) is 41.7 Å². The van der Waals surface area contributed by atoms with Gasteiger partial charge in [0, 0.05) is 19.1 Å². The molecule has 0 radical (unpaired) electrons. The van der Waals surface area contributed by atoms with Gasteiger partial charge in [-0.3, -0.25) is 4.79 Å². The zero-order chi connectivity index (χ0) is 13.8. The number of aromatic nitrogens is 1. The number of nitrogens with two attached hydrogens (primary N) is 1. The van der Waals surface area contributed by atoms with E-state index in [1.54, 1.807) is 6.92 Å². The smallest absolute Gasteiger partial charge is 0.265 e. The fourth-order valence-corrected chi connectivity index (χ4v) is 2.98. The van der Waals surface area contributed by atoms with Gasteiger partial charge in [0.2, 0.25) is 0 Å². The van der Waals surface area contributed by atoms with Crippen molar-refractivity contribution in [2.75, 3.05) is 30.3 Å². The number of amides is 1. The SMILES string of the molecule is CC(CO)NC(=O)c1sc(N2CCCCC2)nc1N. The maximum Gasteiger partial charge on any atom is 0.265 e. The lowest BCUT2D eigenvalue weighted by Crippen LogP contribution is -2.34. The van der Waals surface area contributed by atoms with Crippen molar-refractivity contribution in [3.8, 4) is 0 Å². The Morgan fingerprint density at radius 3 is 2.84 bits per heavy atom. The minimum absolute atomic E-state index is 0.0938. The predicted octanol–water partition coefficient (Wildman–Crippen LogP) is 0.826. The number of thiazole rings is 1. The number of aliphatic hydroxyl groups excluding tert-OH is 1. The van der Waals surface area contributed by atoms with E-state index in [1.807, 2.05) is 0 Å². The third-order valence-corrected chi connectivity index (χ3v) is 4.26. The maximum absolute atomic E-state index is 12.0. The summed E-state index contributed by atoms with van der Waals surface area (Å²) in [6.07, 6.45) is 3.56. The Morgan fingerprint density at radius 1 is 1.53 bits per heavy atom. The molecular weight excluding hydrogens is 264 g/mol. The van der Waals surface area contributed by atoms with Crippen LogP contribution in [0.4, 0.5) is 10.9 Å². The summed E-state index contributed by atoms with van der Waals surface area (Å²) in [6, 6.07) is -0.285. The average molecular weight is 284 g/mol. The number of anilines is 2. The molecule has 19 heavy (non-hydrogen) atoms. The van der Waals surface area contributed by atoms with Crippen molar-refractivity contribution in [1.29, 1.82) is 0 Å². The number of hydrogen-bond donors (Lipinski definition) is 3. The van der Waals surface area contributed by atoms with Crippen molar-refractivity contribution >= 4 is 28.2 Å². The number of carbonyl (C=O) groups is 1. The summed E-state index contributed by atoms with van der Waals surface area (Å²) in [6.45, 7) is 3.59. The van der Waals surface area contributed by atoms with Crippen LogP contribution in [0.2, 0.25) is 0 Å². The van der Waals surface area contributed by atoms with E-state index in [0.717, 1.165) is 31.1 Å². The second-order valence-electron chi connectivity index (χ2n) is 4.82. The second kappa shape index (κ2) is 6.21. The summed E-state index contributed by atoms with van der Waals surface area (Å²) in [5.74, 6) is 0.00743. The molecule has 1 aromatic heterocycles. The van der Waals surface area contributed by atoms with Crippen LogP contribution < -0.4 is 16.0 Å². The monoisotopic (exact) mass is 284 g/mol. The molecule has 1 aliphatic heterocycles. The molecule has 1 aliphatic rings. The molecule has 0 saturated carbocycles. The van der Waals surface area contributed by atoms with Crippen LogP contribution in [0, 0.1) is 0 Å². The normalized spacial score (nSPS) is 17.3. The van der Waals surface area contributed by atoms with Crippen molar-refractivity contribution < 1.29 is 9.90 Å². The Labute approximate surface area is 116 Å². The van der Waals surface area contributed by atoms with Gasteiger partial charge in [0.1, 0.15) is 10.7 Å². The van der Waals surface area contributed by atoms with Gasteiger partial charge in [0.25, 0.3) is 5.91 Å². The first-order valence-corrected chi connectivity index (χ1v) is 7.36. The zero-order valence-electron chi connectivity index (χ0n) is 11.1. The van der Waals surface area contributed by atoms with Gasteiger partial charge >= 0.3 is 0 Å². The van der Waals surface area contributed by atoms with Crippen LogP contribution in [0.15, 0.2) is 0 Å². The molecule has 1 aromatic rings. The van der Waals surface area contributed by atoms with Crippen LogP contribution in [-0.2, 0) is 0 Å². The quantitative estimate of drug-likeness (QED) is 0.761. The first-order chi connectivity index (χ1) is 9.11. The number of rotatable bonds is 4. The van der Waals surface area contributed by atoms with Crippen LogP contribution >= 0.6 is 11.3 Å². The van der Waals surface area contributed by atoms with Gasteiger partial charge in [-0.1, -0.05) is 11.3 Å². The molecule has 2 rings (SSSR count). The standard InChI is InChI=1S/C12H20N4O2S/c1-8(7-17)14-11(18)9-10(13)15-12(19-9)16-5-3-2-4-6-16/h8,17H,2-7,13H2,1H3,(H,14,18). The van der Waals surface area contributed by atoms with E-state index in [2.05, 4.69) is 15.2 Å². The van der Waals surface area contributed by atoms with Gasteiger partial charge in [-0.15, -0.1) is 0 Å². The third-order valence-electron chi connectivity index (χ3n) is 3.13. The predicted molar refractivity (Wildman–Crippen MR) is 76.6 cm³/mol. The molecule has 0 aromatic carbocycles. The van der Waals surface area contributed by atoms with E-state index in [4.69, 9.17) is 10.8 Å². The van der Waals surface area contributed by atoms with Gasteiger partial charge < -0.3 is 21.1 Å². The van der Waals surface area contributed by atoms with Crippen molar-refractivity contribution in [3.63, 3.8) is 0 Å². The Balaban J connectivity index is 2.09. The van der Waals surface area contributed by atoms with Gasteiger partial charge in [-0.05, 0) is 26.2 Å². The lowest BCUT2D eigenvalue weighted by atomic mass is 10.1. The Kier molecular flexibility index (Phi) is 4.60. The number of hydrogen-bond acceptors (Lipinski definition) is 6. The minimum Gasteiger partial charge on any atom is -0.394 e. The van der Waals surface area contributed by atoms with Crippen LogP contribution in [0.5, 0.6) is 0 Å². The Hall–Kier alpha value is -1.34. The number of carbonyl (C=O) groups excluding carboxylic acids is 1. The lowest BCUT2D eigenvalue weighted by Gasteiger charge is -2.25. The van der Waals surface area contributed by atoms with E-state index in [0.29, 0.717) is 4.88 Å². The molecule has 1 fully saturated rings. The van der Waals surface area contributed by atoms with E-state index in [9.17, 15) is 4.79 Å². The van der Waals surface area contributed by atoms with Crippen LogP contribution in [0.1, 0.15) is 35.9 Å². The van der Waals surface area contributed by atoms with Crippen LogP contribution in [0.25, 0.3) is 0 Å². The van der Waals surface area contributed by atoms with Crippen molar-refractivity contribution in [2.45, 2.75) is 32.2 Å². The topological polar surface area (TPSA) is 91.5 Å². The first kappa shape index (κ1) is 14.1. The molecule has 1 atom stereocenters. The largest absolute Gasteiger partial charge is 0.394 e. The lowest BCUT2D eigenvalue weighted by molar-refractivity contribution is 0.0927. The molecular formula is C12H20N4O2S. The highest BCUT2D eigenvalue weighted by Crippen LogP contribution is 2.29. The number of nitrogens with zero attached hydrogens (tertiary/aromatic N) is 2. The third kappa shape index (κ3) is 3.36. The number of nitrogens with one attached hydrogen (secondary N) is 1. The number of piperidine rings is 1. The Morgan fingerprint density at radius 2 is 2.21 bits per heavy atom. The van der Waals surface area contributed by atoms with Crippen molar-refractivity contribution in [3.05, 3.63) is 4.88 Å². The van der Waals surface area contributed by atoms with Crippen LogP contribution in [0.3, 0.4) is 0 Å². The van der Waals surface area contributed by atoms with E-state index >= 15 is 0 Å². The molecule has 1 unspecified atom stereocenters. The summed E-state index contributed by atoms with van der Waals surface area (Å²) in [4.78, 5) is 18.9. The summed E-state index contributed by atoms with van der Waals surface area (Å²) < 4.78 is 0. The van der Waals surface area contributed by atoms with Gasteiger partial charge in [0.05, 0.1) is 6.61 Å². The molecule has 4 N–H and O–H groups in total. The van der Waals surface area contributed by atoms with Gasteiger partial charge in [-0.2, -0.15) is 0 Å². The summed E-state index contributed by atoms with van der Waals surface area (Å²) in [7, 11) is 0. The maximum atomic E-state index is 12.0. The van der Waals surface area contributed by atoms with Gasteiger partial charge in [-0.25, -0.2) is 4.98 Å². The molecule has 0 bridgehead atoms. The fraction of sp³-hybridized carbons (Fsp3) is 0.667. The molecule has 6 nitrogen and oxygen atoms in total. The number of aliphatic hydroxyl groups is 1. The highest BCUT2D eigenvalue weighted by molar-refractivity contribution is 7.18. The van der Waals surface area contributed by atoms with E-state index in [1.165, 1.54) is 17.8 Å². The molecule has 1 amide bonds. The highest BCUT2D eigenvalue weighted by Gasteiger charge is 2.21. The molecule has 2 heterocycles. The Bertz CT molecular complexity index is 443. The van der Waals surface area contributed by atoms with Crippen molar-refractivity contribution in [2.24, 2.45) is 0 Å². The second-order valence-corrected chi connectivity index (χ2v) is 5.79. The highest BCUT2D eigenvalue weighted by atomic mass is 32.1. The van der Waals surface area contributed by atoms with Gasteiger partial charge in [0.15, 0.2) is 5.13 Å². The summed E-state index contributed by atoms with van der Waals surface area (Å²) in [5.41, 5.74) is 5.82. The molecule has 7 heteroatoms. The van der Waals surface area contributed by atoms with E-state index in [-0.39, 0.29) is 24.4 Å². The first-order valence-electron chi connectivity index (χ1n) is 6.54.